The molecule has 2 aromatic carbocycles. The molecule has 0 aliphatic carbocycles. The summed E-state index contributed by atoms with van der Waals surface area (Å²) in [6, 6.07) is 14.1. The third-order valence-electron chi connectivity index (χ3n) is 4.32. The molecule has 0 saturated heterocycles. The second kappa shape index (κ2) is 10.1. The zero-order valence-electron chi connectivity index (χ0n) is 16.7. The molecule has 0 aromatic heterocycles. The Morgan fingerprint density at radius 3 is 2.44 bits per heavy atom. The van der Waals surface area contributed by atoms with Crippen molar-refractivity contribution >= 4 is 22.6 Å². The molecule has 1 N–H and O–H groups in total. The quantitative estimate of drug-likeness (QED) is 0.686. The Kier molecular flexibility index (Phi) is 7.80. The number of nitrogens with zero attached hydrogens (tertiary/aromatic N) is 1. The van der Waals surface area contributed by atoms with Gasteiger partial charge in [-0.1, -0.05) is 56.3 Å². The molecule has 146 valence electrons. The lowest BCUT2D eigenvalue weighted by Gasteiger charge is -2.24. The molecule has 0 aliphatic heterocycles. The van der Waals surface area contributed by atoms with Crippen LogP contribution in [0.3, 0.4) is 0 Å². The fourth-order valence-corrected chi connectivity index (χ4v) is 3.29. The maximum atomic E-state index is 12.6. The number of nitrogens with one attached hydrogen (secondary N) is 1. The minimum atomic E-state index is -0.298. The highest BCUT2D eigenvalue weighted by Gasteiger charge is 2.18. The molecule has 0 heterocycles. The number of hydrogen-bond donors (Lipinski definition) is 1. The zero-order chi connectivity index (χ0) is 19.8. The first-order valence-electron chi connectivity index (χ1n) is 9.55. The van der Waals surface area contributed by atoms with Gasteiger partial charge >= 0.3 is 5.97 Å². The van der Waals surface area contributed by atoms with Crippen molar-refractivity contribution in [2.45, 2.75) is 33.7 Å². The van der Waals surface area contributed by atoms with Gasteiger partial charge in [0.1, 0.15) is 0 Å². The lowest BCUT2D eigenvalue weighted by molar-refractivity contribution is -0.144. The molecular formula is C22H30N2O3. The molecule has 0 bridgehead atoms. The normalized spacial score (nSPS) is 12.4. The van der Waals surface area contributed by atoms with Crippen molar-refractivity contribution in [2.24, 2.45) is 5.92 Å². The summed E-state index contributed by atoms with van der Waals surface area (Å²) in [5, 5.41) is 5.35. The Hall–Kier alpha value is -2.40. The van der Waals surface area contributed by atoms with Crippen LogP contribution in [0.15, 0.2) is 42.5 Å². The highest BCUT2D eigenvalue weighted by molar-refractivity contribution is 5.87. The fraction of sp³-hybridized carbons (Fsp3) is 0.455. The van der Waals surface area contributed by atoms with Gasteiger partial charge in [-0.15, -0.1) is 0 Å². The summed E-state index contributed by atoms with van der Waals surface area (Å²) in [5.74, 6) is -0.0452. The van der Waals surface area contributed by atoms with Crippen molar-refractivity contribution in [3.63, 3.8) is 0 Å². The minimum Gasteiger partial charge on any atom is -0.465 e. The summed E-state index contributed by atoms with van der Waals surface area (Å²) in [6.07, 6.45) is 0. The summed E-state index contributed by atoms with van der Waals surface area (Å²) in [6.45, 7) is 9.20. The Morgan fingerprint density at radius 2 is 1.74 bits per heavy atom. The summed E-state index contributed by atoms with van der Waals surface area (Å²) >= 11 is 0. The van der Waals surface area contributed by atoms with Gasteiger partial charge in [-0.05, 0) is 36.1 Å². The highest BCUT2D eigenvalue weighted by atomic mass is 16.5. The molecule has 0 spiro atoms. The number of carbonyl (C=O) groups excluding carboxylic acids is 2. The molecule has 0 fully saturated rings. The van der Waals surface area contributed by atoms with E-state index in [0.717, 1.165) is 16.3 Å². The van der Waals surface area contributed by atoms with E-state index in [9.17, 15) is 9.59 Å². The average molecular weight is 370 g/mol. The van der Waals surface area contributed by atoms with Crippen molar-refractivity contribution in [3.8, 4) is 0 Å². The first kappa shape index (κ1) is 20.9. The summed E-state index contributed by atoms with van der Waals surface area (Å²) in [4.78, 5) is 26.2. The Labute approximate surface area is 161 Å². The van der Waals surface area contributed by atoms with Crippen LogP contribution in [0.2, 0.25) is 0 Å². The Morgan fingerprint density at radius 1 is 1.04 bits per heavy atom. The van der Waals surface area contributed by atoms with Crippen LogP contribution in [0.5, 0.6) is 0 Å². The zero-order valence-corrected chi connectivity index (χ0v) is 16.7. The standard InChI is InChI=1S/C22H30N2O3/c1-5-27-22(26)15-24(13-16(2)3)14-21(25)23-17(4)19-12-8-10-18-9-6-7-11-20(18)19/h6-12,16-17H,5,13-15H2,1-4H3,(H,23,25). The van der Waals surface area contributed by atoms with Crippen molar-refractivity contribution in [3.05, 3.63) is 48.0 Å². The van der Waals surface area contributed by atoms with Gasteiger partial charge in [0.2, 0.25) is 5.91 Å². The first-order chi connectivity index (χ1) is 12.9. The Bertz CT molecular complexity index is 768. The predicted molar refractivity (Wildman–Crippen MR) is 108 cm³/mol. The molecule has 0 saturated carbocycles. The van der Waals surface area contributed by atoms with Crippen LogP contribution >= 0.6 is 0 Å². The number of esters is 1. The second-order valence-corrected chi connectivity index (χ2v) is 7.23. The second-order valence-electron chi connectivity index (χ2n) is 7.23. The molecule has 5 nitrogen and oxygen atoms in total. The number of ether oxygens (including phenoxy) is 1. The van der Waals surface area contributed by atoms with Crippen LogP contribution in [-0.4, -0.2) is 43.0 Å². The lowest BCUT2D eigenvalue weighted by Crippen LogP contribution is -2.42. The molecule has 1 amide bonds. The predicted octanol–water partition coefficient (Wildman–Crippen LogP) is 3.54. The summed E-state index contributed by atoms with van der Waals surface area (Å²) in [7, 11) is 0. The molecule has 2 rings (SSSR count). The van der Waals surface area contributed by atoms with E-state index in [2.05, 4.69) is 37.4 Å². The van der Waals surface area contributed by atoms with E-state index in [1.165, 1.54) is 0 Å². The molecule has 2 aromatic rings. The number of fused-ring (bicyclic) bond motifs is 1. The molecule has 0 aliphatic rings. The molecule has 0 radical (unpaired) electrons. The third-order valence-corrected chi connectivity index (χ3v) is 4.32. The van der Waals surface area contributed by atoms with Crippen molar-refractivity contribution in [2.75, 3.05) is 26.2 Å². The molecule has 1 atom stereocenters. The molecule has 27 heavy (non-hydrogen) atoms. The van der Waals surface area contributed by atoms with E-state index < -0.39 is 0 Å². The smallest absolute Gasteiger partial charge is 0.320 e. The van der Waals surface area contributed by atoms with Gasteiger partial charge in [0, 0.05) is 6.54 Å². The number of rotatable bonds is 9. The lowest BCUT2D eigenvalue weighted by atomic mass is 10.00. The van der Waals surface area contributed by atoms with Crippen LogP contribution < -0.4 is 5.32 Å². The van der Waals surface area contributed by atoms with Crippen LogP contribution in [0.25, 0.3) is 10.8 Å². The maximum Gasteiger partial charge on any atom is 0.320 e. The SMILES string of the molecule is CCOC(=O)CN(CC(=O)NC(C)c1cccc2ccccc12)CC(C)C. The van der Waals surface area contributed by atoms with Gasteiger partial charge in [-0.25, -0.2) is 0 Å². The largest absolute Gasteiger partial charge is 0.465 e. The number of hydrogen-bond acceptors (Lipinski definition) is 4. The number of benzene rings is 2. The van der Waals surface area contributed by atoms with Crippen LogP contribution in [0, 0.1) is 5.92 Å². The Balaban J connectivity index is 2.03. The van der Waals surface area contributed by atoms with Gasteiger partial charge in [-0.2, -0.15) is 0 Å². The monoisotopic (exact) mass is 370 g/mol. The van der Waals surface area contributed by atoms with E-state index in [0.29, 0.717) is 19.1 Å². The van der Waals surface area contributed by atoms with E-state index in [1.807, 2.05) is 36.1 Å². The fourth-order valence-electron chi connectivity index (χ4n) is 3.29. The van der Waals surface area contributed by atoms with Gasteiger partial charge in [0.15, 0.2) is 0 Å². The van der Waals surface area contributed by atoms with E-state index >= 15 is 0 Å². The van der Waals surface area contributed by atoms with E-state index in [1.54, 1.807) is 6.92 Å². The minimum absolute atomic E-state index is 0.0969. The molecule has 5 heteroatoms. The van der Waals surface area contributed by atoms with Gasteiger partial charge < -0.3 is 10.1 Å². The first-order valence-corrected chi connectivity index (χ1v) is 9.55. The van der Waals surface area contributed by atoms with Crippen LogP contribution in [-0.2, 0) is 14.3 Å². The van der Waals surface area contributed by atoms with E-state index in [-0.39, 0.29) is 31.0 Å². The van der Waals surface area contributed by atoms with Crippen LogP contribution in [0.4, 0.5) is 0 Å². The third kappa shape index (κ3) is 6.36. The van der Waals surface area contributed by atoms with Crippen molar-refractivity contribution in [1.82, 2.24) is 10.2 Å². The van der Waals surface area contributed by atoms with Crippen molar-refractivity contribution in [1.29, 1.82) is 0 Å². The maximum absolute atomic E-state index is 12.6. The van der Waals surface area contributed by atoms with Gasteiger partial charge in [0.05, 0.1) is 25.7 Å². The average Bonchev–Trinajstić information content (AvgIpc) is 2.60. The van der Waals surface area contributed by atoms with Crippen LogP contribution in [0.1, 0.15) is 39.3 Å². The topological polar surface area (TPSA) is 58.6 Å². The molecule has 1 unspecified atom stereocenters. The van der Waals surface area contributed by atoms with Crippen molar-refractivity contribution < 1.29 is 14.3 Å². The summed E-state index contributed by atoms with van der Waals surface area (Å²) in [5.41, 5.74) is 1.09. The summed E-state index contributed by atoms with van der Waals surface area (Å²) < 4.78 is 5.02. The molecular weight excluding hydrogens is 340 g/mol. The number of amides is 1. The van der Waals surface area contributed by atoms with Gasteiger partial charge in [-0.3, -0.25) is 14.5 Å². The number of carbonyl (C=O) groups is 2. The van der Waals surface area contributed by atoms with Gasteiger partial charge in [0.25, 0.3) is 0 Å². The van der Waals surface area contributed by atoms with E-state index in [4.69, 9.17) is 4.74 Å². The highest BCUT2D eigenvalue weighted by Crippen LogP contribution is 2.23.